The number of ether oxygens (including phenoxy) is 2. The van der Waals surface area contributed by atoms with Gasteiger partial charge in [-0.2, -0.15) is 12.6 Å². The van der Waals surface area contributed by atoms with Crippen LogP contribution in [0.4, 0.5) is 5.69 Å². The first-order valence-electron chi connectivity index (χ1n) is 12.4. The molecular weight excluding hydrogens is 482 g/mol. The van der Waals surface area contributed by atoms with E-state index in [1.54, 1.807) is 0 Å². The van der Waals surface area contributed by atoms with E-state index in [2.05, 4.69) is 31.8 Å². The topological polar surface area (TPSA) is 90.8 Å². The molecule has 3 atom stereocenters. The van der Waals surface area contributed by atoms with Crippen molar-refractivity contribution in [1.29, 1.82) is 0 Å². The number of carboxylic acids is 1. The second-order valence-electron chi connectivity index (χ2n) is 8.64. The maximum atomic E-state index is 12.3. The van der Waals surface area contributed by atoms with Crippen molar-refractivity contribution in [3.8, 4) is 11.5 Å². The number of hydrogen-bond donors (Lipinski definition) is 3. The fourth-order valence-corrected chi connectivity index (χ4v) is 5.16. The molecule has 0 aromatic heterocycles. The number of rotatable bonds is 14. The number of aliphatic carboxylic acids is 1. The third-order valence-electron chi connectivity index (χ3n) is 5.70. The van der Waals surface area contributed by atoms with Crippen molar-refractivity contribution < 1.29 is 23.9 Å². The Balaban J connectivity index is 0.000000283. The summed E-state index contributed by atoms with van der Waals surface area (Å²) in [6.45, 7) is 4.61. The van der Waals surface area contributed by atoms with Crippen LogP contribution in [0.1, 0.15) is 57.9 Å². The lowest BCUT2D eigenvalue weighted by Crippen LogP contribution is -2.30. The minimum absolute atomic E-state index is 0.191. The summed E-state index contributed by atoms with van der Waals surface area (Å²) < 4.78 is 23.0. The predicted molar refractivity (Wildman–Crippen MR) is 147 cm³/mol. The van der Waals surface area contributed by atoms with Crippen LogP contribution in [0.3, 0.4) is 0 Å². The first-order chi connectivity index (χ1) is 16.9. The van der Waals surface area contributed by atoms with Crippen LogP contribution in [-0.2, 0) is 22.4 Å². The summed E-state index contributed by atoms with van der Waals surface area (Å²) in [6, 6.07) is 14.6. The molecule has 0 aliphatic carbocycles. The first-order valence-corrected chi connectivity index (χ1v) is 14.4. The van der Waals surface area contributed by atoms with E-state index in [0.717, 1.165) is 35.8 Å². The maximum Gasteiger partial charge on any atom is 0.326 e. The Bertz CT molecular complexity index is 868. The van der Waals surface area contributed by atoms with E-state index in [9.17, 15) is 9.35 Å². The summed E-state index contributed by atoms with van der Waals surface area (Å²) in [5, 5.41) is 11.8. The Morgan fingerprint density at radius 3 is 2.46 bits per heavy atom. The zero-order valence-corrected chi connectivity index (χ0v) is 22.5. The van der Waals surface area contributed by atoms with Crippen LogP contribution in [0.5, 0.6) is 11.5 Å². The van der Waals surface area contributed by atoms with Crippen LogP contribution in [0, 0.1) is 0 Å². The van der Waals surface area contributed by atoms with E-state index in [-0.39, 0.29) is 11.0 Å². The largest absolute Gasteiger partial charge is 0.616 e. The smallest absolute Gasteiger partial charge is 0.326 e. The average molecular weight is 522 g/mol. The number of anilines is 1. The van der Waals surface area contributed by atoms with Crippen LogP contribution in [0.15, 0.2) is 48.5 Å². The van der Waals surface area contributed by atoms with E-state index in [4.69, 9.17) is 14.6 Å². The Kier molecular flexibility index (Phi) is 13.9. The lowest BCUT2D eigenvalue weighted by Gasteiger charge is -2.18. The highest BCUT2D eigenvalue weighted by atomic mass is 32.2. The highest BCUT2D eigenvalue weighted by molar-refractivity contribution is 7.92. The van der Waals surface area contributed by atoms with Crippen LogP contribution in [-0.4, -0.2) is 45.2 Å². The molecule has 0 saturated heterocycles. The summed E-state index contributed by atoms with van der Waals surface area (Å²) in [5.41, 5.74) is 1.97. The highest BCUT2D eigenvalue weighted by Crippen LogP contribution is 2.33. The molecule has 2 aromatic carbocycles. The minimum atomic E-state index is -0.890. The van der Waals surface area contributed by atoms with Crippen molar-refractivity contribution in [2.45, 2.75) is 70.1 Å². The maximum absolute atomic E-state index is 12.3. The third kappa shape index (κ3) is 11.1. The van der Waals surface area contributed by atoms with Gasteiger partial charge in [0.05, 0.1) is 0 Å². The number of nitrogens with one attached hydrogen (secondary N) is 1. The zero-order chi connectivity index (χ0) is 25.5. The molecule has 0 bridgehead atoms. The van der Waals surface area contributed by atoms with Gasteiger partial charge in [-0.25, -0.2) is 4.79 Å². The standard InChI is InChI=1S/C18H28O3S.C9H11NO2S/c1-3-4-5-6-7-8-11-22(19)15(2)12-16-9-10-17-18(13-16)21-14-20-17;11-9(12)8(6-13)10-7-4-2-1-3-5-7/h9-10,13,15H,3-8,11-12,14H2,1-2H3;1-5,8,10,13H,6H2,(H,11,12)/t;8-/m.0/s1. The average Bonchev–Trinajstić information content (AvgIpc) is 3.33. The van der Waals surface area contributed by atoms with Gasteiger partial charge in [-0.15, -0.1) is 0 Å². The van der Waals surface area contributed by atoms with Crippen molar-refractivity contribution >= 4 is 35.5 Å². The van der Waals surface area contributed by atoms with Crippen molar-refractivity contribution in [2.24, 2.45) is 0 Å². The minimum Gasteiger partial charge on any atom is -0.616 e. The third-order valence-corrected chi connectivity index (χ3v) is 7.82. The number of thiol groups is 1. The quantitative estimate of drug-likeness (QED) is 0.162. The molecule has 2 N–H and O–H groups in total. The number of unbranched alkanes of at least 4 members (excludes halogenated alkanes) is 5. The molecule has 3 rings (SSSR count). The van der Waals surface area contributed by atoms with Crippen molar-refractivity contribution in [1.82, 2.24) is 0 Å². The Morgan fingerprint density at radius 2 is 1.77 bits per heavy atom. The van der Waals surface area contributed by atoms with E-state index >= 15 is 0 Å². The fourth-order valence-electron chi connectivity index (χ4n) is 3.64. The summed E-state index contributed by atoms with van der Waals surface area (Å²) in [7, 11) is 0. The molecule has 0 fully saturated rings. The van der Waals surface area contributed by atoms with E-state index in [1.807, 2.05) is 48.5 Å². The Morgan fingerprint density at radius 1 is 1.09 bits per heavy atom. The monoisotopic (exact) mass is 521 g/mol. The SMILES string of the molecule is CCCCCCCC[S+]([O-])C(C)Cc1ccc2c(c1)OCO2.O=C(O)[C@H](CS)Nc1ccccc1. The molecule has 0 radical (unpaired) electrons. The zero-order valence-electron chi connectivity index (χ0n) is 20.8. The highest BCUT2D eigenvalue weighted by Gasteiger charge is 2.19. The summed E-state index contributed by atoms with van der Waals surface area (Å²) in [5.74, 6) is 1.83. The van der Waals surface area contributed by atoms with Crippen molar-refractivity contribution in [3.63, 3.8) is 0 Å². The van der Waals surface area contributed by atoms with Gasteiger partial charge in [-0.3, -0.25) is 0 Å². The van der Waals surface area contributed by atoms with E-state index in [0.29, 0.717) is 6.79 Å². The van der Waals surface area contributed by atoms with E-state index < -0.39 is 23.2 Å². The number of carbonyl (C=O) groups is 1. The molecule has 2 aromatic rings. The van der Waals surface area contributed by atoms with Gasteiger partial charge in [0.25, 0.3) is 0 Å². The molecule has 1 aliphatic heterocycles. The van der Waals surface area contributed by atoms with Crippen LogP contribution in [0.2, 0.25) is 0 Å². The number of hydrogen-bond acceptors (Lipinski definition) is 6. The van der Waals surface area contributed by atoms with Gasteiger partial charge in [-0.05, 0) is 49.6 Å². The second-order valence-corrected chi connectivity index (χ2v) is 11.0. The Hall–Kier alpha value is -2.03. The number of benzene rings is 2. The lowest BCUT2D eigenvalue weighted by atomic mass is 10.1. The predicted octanol–water partition coefficient (Wildman–Crippen LogP) is 5.94. The fraction of sp³-hybridized carbons (Fsp3) is 0.519. The molecule has 1 aliphatic rings. The molecule has 1 heterocycles. The van der Waals surface area contributed by atoms with Gasteiger partial charge in [0.1, 0.15) is 17.0 Å². The molecule has 0 spiro atoms. The number of para-hydroxylation sites is 1. The molecular formula is C27H39NO5S2. The summed E-state index contributed by atoms with van der Waals surface area (Å²) in [4.78, 5) is 10.6. The van der Waals surface area contributed by atoms with Gasteiger partial charge in [0.15, 0.2) is 11.5 Å². The molecule has 194 valence electrons. The molecule has 0 amide bonds. The van der Waals surface area contributed by atoms with Crippen LogP contribution < -0.4 is 14.8 Å². The van der Waals surface area contributed by atoms with Gasteiger partial charge >= 0.3 is 5.97 Å². The number of fused-ring (bicyclic) bond motifs is 1. The van der Waals surface area contributed by atoms with Crippen molar-refractivity contribution in [3.05, 3.63) is 54.1 Å². The molecule has 2 unspecified atom stereocenters. The molecule has 8 heteroatoms. The Labute approximate surface area is 218 Å². The summed E-state index contributed by atoms with van der Waals surface area (Å²) >= 11 is 3.20. The van der Waals surface area contributed by atoms with Gasteiger partial charge in [-0.1, -0.05) is 68.0 Å². The molecule has 0 saturated carbocycles. The summed E-state index contributed by atoms with van der Waals surface area (Å²) in [6.07, 6.45) is 8.32. The van der Waals surface area contributed by atoms with Crippen LogP contribution >= 0.6 is 12.6 Å². The lowest BCUT2D eigenvalue weighted by molar-refractivity contribution is -0.137. The van der Waals surface area contributed by atoms with Crippen LogP contribution in [0.25, 0.3) is 0 Å². The van der Waals surface area contributed by atoms with Gasteiger partial charge in [0.2, 0.25) is 6.79 Å². The van der Waals surface area contributed by atoms with Gasteiger partial charge in [0, 0.05) is 17.9 Å². The normalized spacial score (nSPS) is 14.4. The van der Waals surface area contributed by atoms with Crippen molar-refractivity contribution in [2.75, 3.05) is 23.6 Å². The molecule has 35 heavy (non-hydrogen) atoms. The van der Waals surface area contributed by atoms with E-state index in [1.165, 1.54) is 37.7 Å². The van der Waals surface area contributed by atoms with Gasteiger partial charge < -0.3 is 24.4 Å². The molecule has 6 nitrogen and oxygen atoms in total. The number of carboxylic acid groups (broad SMARTS) is 1. The second kappa shape index (κ2) is 16.6. The first kappa shape index (κ1) is 29.2.